The largest absolute Gasteiger partial charge is 0.488 e. The lowest BCUT2D eigenvalue weighted by Crippen LogP contribution is -2.47. The summed E-state index contributed by atoms with van der Waals surface area (Å²) < 4.78 is 13.8. The monoisotopic (exact) mass is 366 g/mol. The predicted octanol–water partition coefficient (Wildman–Crippen LogP) is 3.93. The number of ether oxygens (including phenoxy) is 2. The lowest BCUT2D eigenvalue weighted by molar-refractivity contribution is 0.0388. The molecule has 2 aliphatic rings. The van der Waals surface area contributed by atoms with Crippen LogP contribution in [-0.4, -0.2) is 22.0 Å². The number of carbonyl (C=O) groups is 1. The van der Waals surface area contributed by atoms with Gasteiger partial charge in [-0.05, 0) is 51.5 Å². The molecule has 0 saturated carbocycles. The van der Waals surface area contributed by atoms with Crippen molar-refractivity contribution >= 4 is 11.9 Å². The van der Waals surface area contributed by atoms with Gasteiger partial charge in [-0.25, -0.2) is 0 Å². The number of ketones is 1. The third kappa shape index (κ3) is 3.22. The van der Waals surface area contributed by atoms with Gasteiger partial charge in [-0.15, -0.1) is 0 Å². The Kier molecular flexibility index (Phi) is 4.06. The highest BCUT2D eigenvalue weighted by Gasteiger charge is 2.30. The van der Waals surface area contributed by atoms with Crippen LogP contribution < -0.4 is 10.1 Å². The molecule has 0 aliphatic carbocycles. The van der Waals surface area contributed by atoms with Crippen LogP contribution in [0.3, 0.4) is 0 Å². The molecule has 1 saturated heterocycles. The first kappa shape index (κ1) is 17.7. The molecule has 4 rings (SSSR count). The van der Waals surface area contributed by atoms with Crippen molar-refractivity contribution in [3.05, 3.63) is 58.2 Å². The first-order valence-electron chi connectivity index (χ1n) is 9.37. The van der Waals surface area contributed by atoms with Gasteiger partial charge in [0.2, 0.25) is 5.78 Å². The molecule has 5 heteroatoms. The van der Waals surface area contributed by atoms with E-state index in [9.17, 15) is 4.79 Å². The zero-order chi connectivity index (χ0) is 19.3. The molecule has 1 atom stereocenters. The average molecular weight is 366 g/mol. The first-order chi connectivity index (χ1) is 12.7. The number of benzene rings is 1. The van der Waals surface area contributed by atoms with E-state index in [0.717, 1.165) is 29.1 Å². The third-order valence-corrected chi connectivity index (χ3v) is 5.20. The summed E-state index contributed by atoms with van der Waals surface area (Å²) in [7, 11) is 1.92. The second kappa shape index (κ2) is 6.19. The maximum atomic E-state index is 13.2. The molecular formula is C22H26N2O3. The van der Waals surface area contributed by atoms with Gasteiger partial charge in [-0.3, -0.25) is 4.79 Å². The van der Waals surface area contributed by atoms with Crippen molar-refractivity contribution in [1.29, 1.82) is 0 Å². The number of aromatic nitrogens is 1. The van der Waals surface area contributed by atoms with Crippen LogP contribution in [0.1, 0.15) is 60.1 Å². The van der Waals surface area contributed by atoms with Gasteiger partial charge in [-0.2, -0.15) is 0 Å². The lowest BCUT2D eigenvalue weighted by atomic mass is 9.96. The smallest absolute Gasteiger partial charge is 0.213 e. The number of hydrogen-bond donors (Lipinski definition) is 1. The highest BCUT2D eigenvalue weighted by molar-refractivity contribution is 6.11. The fraction of sp³-hybridized carbons (Fsp3) is 0.409. The van der Waals surface area contributed by atoms with Gasteiger partial charge in [0.05, 0.1) is 17.4 Å². The minimum Gasteiger partial charge on any atom is -0.488 e. The molecule has 0 radical (unpaired) electrons. The van der Waals surface area contributed by atoms with Gasteiger partial charge in [-0.1, -0.05) is 6.07 Å². The highest BCUT2D eigenvalue weighted by atomic mass is 16.5. The summed E-state index contributed by atoms with van der Waals surface area (Å²) in [5.74, 6) is 1.39. The van der Waals surface area contributed by atoms with E-state index in [-0.39, 0.29) is 17.4 Å². The zero-order valence-electron chi connectivity index (χ0n) is 16.6. The van der Waals surface area contributed by atoms with Crippen LogP contribution in [0.5, 0.6) is 5.75 Å². The van der Waals surface area contributed by atoms with E-state index in [1.165, 1.54) is 0 Å². The van der Waals surface area contributed by atoms with E-state index in [1.807, 2.05) is 48.9 Å². The Labute approximate surface area is 160 Å². The van der Waals surface area contributed by atoms with Crippen LogP contribution in [0.25, 0.3) is 6.08 Å². The second-order valence-corrected chi connectivity index (χ2v) is 8.27. The van der Waals surface area contributed by atoms with E-state index in [0.29, 0.717) is 23.6 Å². The predicted molar refractivity (Wildman–Crippen MR) is 105 cm³/mol. The molecule has 0 amide bonds. The van der Waals surface area contributed by atoms with Gasteiger partial charge in [0.15, 0.2) is 5.88 Å². The summed E-state index contributed by atoms with van der Waals surface area (Å²) in [6.45, 7) is 8.78. The molecule has 0 bridgehead atoms. The van der Waals surface area contributed by atoms with Crippen LogP contribution >= 0.6 is 0 Å². The van der Waals surface area contributed by atoms with Crippen molar-refractivity contribution in [1.82, 2.24) is 9.88 Å². The molecule has 0 spiro atoms. The quantitative estimate of drug-likeness (QED) is 0.831. The van der Waals surface area contributed by atoms with E-state index in [2.05, 4.69) is 26.1 Å². The van der Waals surface area contributed by atoms with Crippen molar-refractivity contribution in [2.75, 3.05) is 0 Å². The van der Waals surface area contributed by atoms with Crippen LogP contribution in [0.15, 0.2) is 30.1 Å². The molecule has 1 fully saturated rings. The molecule has 1 N–H and O–H groups in total. The van der Waals surface area contributed by atoms with Gasteiger partial charge >= 0.3 is 0 Å². The molecule has 3 heterocycles. The number of hydrogen-bond acceptors (Lipinski definition) is 4. The highest BCUT2D eigenvalue weighted by Crippen LogP contribution is 2.32. The lowest BCUT2D eigenvalue weighted by Gasteiger charge is -2.37. The molecule has 1 aromatic carbocycles. The minimum atomic E-state index is -0.0263. The topological polar surface area (TPSA) is 52.5 Å². The Morgan fingerprint density at radius 1 is 1.30 bits per heavy atom. The van der Waals surface area contributed by atoms with Crippen LogP contribution in [-0.2, 0) is 18.4 Å². The van der Waals surface area contributed by atoms with Gasteiger partial charge in [0.25, 0.3) is 0 Å². The molecule has 27 heavy (non-hydrogen) atoms. The van der Waals surface area contributed by atoms with Crippen LogP contribution in [0.4, 0.5) is 0 Å². The zero-order valence-corrected chi connectivity index (χ0v) is 16.6. The molecule has 1 aromatic heterocycles. The Bertz CT molecular complexity index is 953. The number of nitrogens with zero attached hydrogens (tertiary/aromatic N) is 1. The van der Waals surface area contributed by atoms with Gasteiger partial charge < -0.3 is 19.4 Å². The molecule has 142 valence electrons. The van der Waals surface area contributed by atoms with E-state index < -0.39 is 0 Å². The number of fused-ring (bicyclic) bond motifs is 2. The Hall–Kier alpha value is -2.69. The van der Waals surface area contributed by atoms with Crippen molar-refractivity contribution in [3.8, 4) is 5.75 Å². The number of aryl methyl sites for hydroxylation is 1. The molecule has 0 unspecified atom stereocenters. The summed E-state index contributed by atoms with van der Waals surface area (Å²) in [5, 5.41) is 3.43. The summed E-state index contributed by atoms with van der Waals surface area (Å²) in [6.07, 6.45) is 3.05. The van der Waals surface area contributed by atoms with Crippen molar-refractivity contribution in [3.63, 3.8) is 0 Å². The first-order valence-corrected chi connectivity index (χ1v) is 9.37. The Balaban J connectivity index is 1.73. The Morgan fingerprint density at radius 3 is 2.81 bits per heavy atom. The SMILES string of the molecule is Cc1ccc2c(c1)OCc1cc(C=C3NC(C)(C)C[C@H](C)O3)n(C)c1C2=O. The van der Waals surface area contributed by atoms with Gasteiger partial charge in [0.1, 0.15) is 12.4 Å². The summed E-state index contributed by atoms with van der Waals surface area (Å²) in [6, 6.07) is 7.73. The molecular weight excluding hydrogens is 340 g/mol. The second-order valence-electron chi connectivity index (χ2n) is 8.27. The summed E-state index contributed by atoms with van der Waals surface area (Å²) in [5.41, 5.74) is 4.15. The fourth-order valence-corrected chi connectivity index (χ4v) is 4.05. The van der Waals surface area contributed by atoms with Crippen molar-refractivity contribution in [2.24, 2.45) is 7.05 Å². The molecule has 5 nitrogen and oxygen atoms in total. The fourth-order valence-electron chi connectivity index (χ4n) is 4.05. The minimum absolute atomic E-state index is 0.00382. The van der Waals surface area contributed by atoms with E-state index in [1.54, 1.807) is 0 Å². The van der Waals surface area contributed by atoms with E-state index >= 15 is 0 Å². The Morgan fingerprint density at radius 2 is 2.07 bits per heavy atom. The number of rotatable bonds is 1. The molecule has 2 aliphatic heterocycles. The number of carbonyl (C=O) groups excluding carboxylic acids is 1. The van der Waals surface area contributed by atoms with Crippen LogP contribution in [0, 0.1) is 6.92 Å². The summed E-state index contributed by atoms with van der Waals surface area (Å²) >= 11 is 0. The standard InChI is InChI=1S/C22H26N2O3/c1-13-6-7-17-18(8-13)26-12-15-9-16(24(5)20(15)21(17)25)10-19-23-22(3,4)11-14(2)27-19/h6-10,14,23H,11-12H2,1-5H3/t14-/m0/s1. The van der Waals surface area contributed by atoms with E-state index in [4.69, 9.17) is 9.47 Å². The summed E-state index contributed by atoms with van der Waals surface area (Å²) in [4.78, 5) is 13.2. The van der Waals surface area contributed by atoms with Crippen molar-refractivity contribution < 1.29 is 14.3 Å². The average Bonchev–Trinajstić information content (AvgIpc) is 2.78. The maximum absolute atomic E-state index is 13.2. The van der Waals surface area contributed by atoms with Crippen molar-refractivity contribution in [2.45, 2.75) is 52.4 Å². The van der Waals surface area contributed by atoms with Crippen LogP contribution in [0.2, 0.25) is 0 Å². The maximum Gasteiger partial charge on any atom is 0.213 e. The van der Waals surface area contributed by atoms with Gasteiger partial charge in [0, 0.05) is 36.3 Å². The normalized spacial score (nSPS) is 22.2. The molecule has 2 aromatic rings. The number of nitrogens with one attached hydrogen (secondary N) is 1. The third-order valence-electron chi connectivity index (χ3n) is 5.20.